The van der Waals surface area contributed by atoms with Crippen LogP contribution >= 0.6 is 11.6 Å². The lowest BCUT2D eigenvalue weighted by atomic mass is 10.2. The standard InChI is InChI=1S/C17H17ClN4O3/c1-12(2)9-14(22(24)25)17(23)20-16-5-3-4-8-21(16)11-13-6-7-15(18)19-10-13/h3-10,12H,11H2,1-2H3/b14-9-,20-16+. The van der Waals surface area contributed by atoms with E-state index in [0.29, 0.717) is 17.2 Å². The minimum absolute atomic E-state index is 0.136. The molecule has 0 aliphatic carbocycles. The van der Waals surface area contributed by atoms with Crippen LogP contribution in [0.1, 0.15) is 19.4 Å². The van der Waals surface area contributed by atoms with Crippen LogP contribution in [0.2, 0.25) is 5.15 Å². The molecule has 0 N–H and O–H groups in total. The van der Waals surface area contributed by atoms with E-state index in [0.717, 1.165) is 5.56 Å². The number of nitrogens with zero attached hydrogens (tertiary/aromatic N) is 4. The van der Waals surface area contributed by atoms with E-state index in [9.17, 15) is 14.9 Å². The Morgan fingerprint density at radius 3 is 2.76 bits per heavy atom. The maximum Gasteiger partial charge on any atom is 0.349 e. The number of aromatic nitrogens is 2. The Labute approximate surface area is 149 Å². The third-order valence-electron chi connectivity index (χ3n) is 3.18. The molecule has 2 heterocycles. The normalized spacial score (nSPS) is 12.5. The predicted molar refractivity (Wildman–Crippen MR) is 93.3 cm³/mol. The van der Waals surface area contributed by atoms with Gasteiger partial charge >= 0.3 is 11.6 Å². The van der Waals surface area contributed by atoms with Crippen LogP contribution in [0, 0.1) is 16.0 Å². The van der Waals surface area contributed by atoms with E-state index < -0.39 is 16.5 Å². The van der Waals surface area contributed by atoms with Crippen molar-refractivity contribution in [3.05, 3.63) is 80.8 Å². The lowest BCUT2D eigenvalue weighted by Gasteiger charge is -2.07. The molecule has 0 saturated carbocycles. The number of hydrogen-bond donors (Lipinski definition) is 0. The first kappa shape index (κ1) is 18.5. The summed E-state index contributed by atoms with van der Waals surface area (Å²) in [7, 11) is 0. The fraction of sp³-hybridized carbons (Fsp3) is 0.235. The second kappa shape index (κ2) is 8.34. The second-order valence-corrected chi connectivity index (χ2v) is 6.03. The molecule has 130 valence electrons. The smallest absolute Gasteiger partial charge is 0.328 e. The molecule has 0 spiro atoms. The van der Waals surface area contributed by atoms with Gasteiger partial charge in [-0.2, -0.15) is 4.99 Å². The summed E-state index contributed by atoms with van der Waals surface area (Å²) in [4.78, 5) is 30.5. The fourth-order valence-electron chi connectivity index (χ4n) is 2.09. The molecule has 0 fully saturated rings. The van der Waals surface area contributed by atoms with Gasteiger partial charge in [0.15, 0.2) is 0 Å². The third-order valence-corrected chi connectivity index (χ3v) is 3.40. The quantitative estimate of drug-likeness (QED) is 0.355. The largest absolute Gasteiger partial charge is 0.349 e. The molecular weight excluding hydrogens is 344 g/mol. The Bertz CT molecular complexity index is 870. The summed E-state index contributed by atoms with van der Waals surface area (Å²) in [5, 5.41) is 11.5. The van der Waals surface area contributed by atoms with Gasteiger partial charge in [-0.15, -0.1) is 0 Å². The zero-order valence-corrected chi connectivity index (χ0v) is 14.6. The van der Waals surface area contributed by atoms with E-state index >= 15 is 0 Å². The van der Waals surface area contributed by atoms with Gasteiger partial charge in [-0.05, 0) is 29.7 Å². The van der Waals surface area contributed by atoms with Crippen molar-refractivity contribution >= 4 is 17.5 Å². The van der Waals surface area contributed by atoms with Gasteiger partial charge in [-0.3, -0.25) is 14.9 Å². The molecule has 0 radical (unpaired) electrons. The zero-order valence-electron chi connectivity index (χ0n) is 13.8. The maximum absolute atomic E-state index is 12.2. The molecule has 2 rings (SSSR count). The Morgan fingerprint density at radius 1 is 1.40 bits per heavy atom. The summed E-state index contributed by atoms with van der Waals surface area (Å²) in [5.74, 6) is -1.02. The SMILES string of the molecule is CC(C)/C=C(/C(=O)/N=c1\ccccn1Cc1ccc(Cl)nc1)[N+](=O)[O-]. The number of rotatable bonds is 5. The second-order valence-electron chi connectivity index (χ2n) is 5.65. The number of halogens is 1. The Balaban J connectivity index is 2.38. The van der Waals surface area contributed by atoms with Crippen molar-refractivity contribution in [1.29, 1.82) is 0 Å². The van der Waals surface area contributed by atoms with Gasteiger partial charge < -0.3 is 4.57 Å². The zero-order chi connectivity index (χ0) is 18.4. The monoisotopic (exact) mass is 360 g/mol. The average molecular weight is 361 g/mol. The van der Waals surface area contributed by atoms with E-state index in [1.54, 1.807) is 55.1 Å². The molecule has 2 aromatic heterocycles. The van der Waals surface area contributed by atoms with E-state index in [2.05, 4.69) is 9.98 Å². The lowest BCUT2D eigenvalue weighted by Crippen LogP contribution is -2.23. The highest BCUT2D eigenvalue weighted by Gasteiger charge is 2.21. The van der Waals surface area contributed by atoms with Gasteiger partial charge in [0.1, 0.15) is 10.6 Å². The molecule has 1 amide bonds. The van der Waals surface area contributed by atoms with Gasteiger partial charge in [-0.1, -0.05) is 37.6 Å². The van der Waals surface area contributed by atoms with Gasteiger partial charge in [0, 0.05) is 18.5 Å². The number of hydrogen-bond acceptors (Lipinski definition) is 4. The lowest BCUT2D eigenvalue weighted by molar-refractivity contribution is -0.419. The molecular formula is C17H17ClN4O3. The van der Waals surface area contributed by atoms with Crippen LogP contribution in [0.25, 0.3) is 0 Å². The molecule has 0 aliphatic heterocycles. The molecule has 0 atom stereocenters. The van der Waals surface area contributed by atoms with Crippen molar-refractivity contribution in [1.82, 2.24) is 9.55 Å². The summed E-state index contributed by atoms with van der Waals surface area (Å²) < 4.78 is 1.70. The summed E-state index contributed by atoms with van der Waals surface area (Å²) in [6, 6.07) is 8.58. The highest BCUT2D eigenvalue weighted by atomic mass is 35.5. The van der Waals surface area contributed by atoms with Crippen LogP contribution in [0.4, 0.5) is 0 Å². The molecule has 2 aromatic rings. The molecule has 0 bridgehead atoms. The van der Waals surface area contributed by atoms with E-state index in [1.807, 2.05) is 6.07 Å². The third kappa shape index (κ3) is 5.36. The summed E-state index contributed by atoms with van der Waals surface area (Å²) in [5.41, 5.74) is 0.647. The van der Waals surface area contributed by atoms with Crippen LogP contribution in [0.15, 0.2) is 59.5 Å². The Morgan fingerprint density at radius 2 is 2.16 bits per heavy atom. The highest BCUT2D eigenvalue weighted by molar-refractivity contribution is 6.29. The summed E-state index contributed by atoms with van der Waals surface area (Å²) in [6.45, 7) is 3.92. The summed E-state index contributed by atoms with van der Waals surface area (Å²) >= 11 is 5.77. The summed E-state index contributed by atoms with van der Waals surface area (Å²) in [6.07, 6.45) is 4.65. The first-order valence-electron chi connectivity index (χ1n) is 7.58. The minimum Gasteiger partial charge on any atom is -0.328 e. The van der Waals surface area contributed by atoms with Gasteiger partial charge in [-0.25, -0.2) is 4.98 Å². The van der Waals surface area contributed by atoms with E-state index in [4.69, 9.17) is 11.6 Å². The van der Waals surface area contributed by atoms with Crippen LogP contribution < -0.4 is 5.49 Å². The molecule has 0 saturated heterocycles. The molecule has 8 heteroatoms. The molecule has 0 unspecified atom stereocenters. The van der Waals surface area contributed by atoms with Crippen molar-refractivity contribution in [2.45, 2.75) is 20.4 Å². The Kier molecular flexibility index (Phi) is 6.19. The number of amides is 1. The van der Waals surface area contributed by atoms with Gasteiger partial charge in [0.25, 0.3) is 0 Å². The molecule has 25 heavy (non-hydrogen) atoms. The van der Waals surface area contributed by atoms with Crippen molar-refractivity contribution in [3.8, 4) is 0 Å². The minimum atomic E-state index is -0.882. The van der Waals surface area contributed by atoms with Crippen LogP contribution in [-0.2, 0) is 11.3 Å². The molecule has 0 aromatic carbocycles. The number of nitro groups is 1. The van der Waals surface area contributed by atoms with Gasteiger partial charge in [0.2, 0.25) is 0 Å². The number of carbonyl (C=O) groups is 1. The Hall–Kier alpha value is -2.80. The van der Waals surface area contributed by atoms with Crippen molar-refractivity contribution < 1.29 is 9.72 Å². The first-order chi connectivity index (χ1) is 11.9. The maximum atomic E-state index is 12.2. The molecule has 0 aliphatic rings. The molecule has 7 nitrogen and oxygen atoms in total. The van der Waals surface area contributed by atoms with Crippen molar-refractivity contribution in [3.63, 3.8) is 0 Å². The van der Waals surface area contributed by atoms with Crippen LogP contribution in [0.5, 0.6) is 0 Å². The van der Waals surface area contributed by atoms with Crippen LogP contribution in [-0.4, -0.2) is 20.4 Å². The van der Waals surface area contributed by atoms with Crippen molar-refractivity contribution in [2.24, 2.45) is 10.9 Å². The van der Waals surface area contributed by atoms with E-state index in [1.165, 1.54) is 6.08 Å². The fourth-order valence-corrected chi connectivity index (χ4v) is 2.20. The van der Waals surface area contributed by atoms with E-state index in [-0.39, 0.29) is 5.92 Å². The first-order valence-corrected chi connectivity index (χ1v) is 7.96. The number of allylic oxidation sites excluding steroid dienone is 1. The average Bonchev–Trinajstić information content (AvgIpc) is 2.56. The number of carbonyl (C=O) groups excluding carboxylic acids is 1. The number of pyridine rings is 2. The van der Waals surface area contributed by atoms with Crippen molar-refractivity contribution in [2.75, 3.05) is 0 Å². The van der Waals surface area contributed by atoms with Crippen LogP contribution in [0.3, 0.4) is 0 Å². The van der Waals surface area contributed by atoms with Gasteiger partial charge in [0.05, 0.1) is 11.5 Å². The highest BCUT2D eigenvalue weighted by Crippen LogP contribution is 2.07. The topological polar surface area (TPSA) is 90.4 Å². The predicted octanol–water partition coefficient (Wildman–Crippen LogP) is 2.83.